The second kappa shape index (κ2) is 15.7. The number of ether oxygens (including phenoxy) is 1. The molecule has 2 fully saturated rings. The van der Waals surface area contributed by atoms with Gasteiger partial charge in [-0.25, -0.2) is 9.37 Å². The van der Waals surface area contributed by atoms with E-state index in [1.54, 1.807) is 6.07 Å². The number of carbonyl (C=O) groups is 2. The molecule has 0 spiro atoms. The third-order valence-electron chi connectivity index (χ3n) is 10.3. The van der Waals surface area contributed by atoms with Crippen LogP contribution >= 0.6 is 0 Å². The van der Waals surface area contributed by atoms with Crippen molar-refractivity contribution in [2.75, 3.05) is 19.6 Å². The molecule has 11 heteroatoms. The second-order valence-electron chi connectivity index (χ2n) is 14.5. The van der Waals surface area contributed by atoms with Gasteiger partial charge in [0, 0.05) is 56.0 Å². The maximum Gasteiger partial charge on any atom is 0.272 e. The molecule has 1 aliphatic carbocycles. The monoisotopic (exact) mass is 693 g/mol. The van der Waals surface area contributed by atoms with Crippen LogP contribution in [-0.4, -0.2) is 75.3 Å². The minimum atomic E-state index is -0.616. The van der Waals surface area contributed by atoms with E-state index < -0.39 is 11.7 Å². The minimum absolute atomic E-state index is 0.00718. The highest BCUT2D eigenvalue weighted by Gasteiger charge is 2.27. The van der Waals surface area contributed by atoms with E-state index >= 15 is 0 Å². The van der Waals surface area contributed by atoms with Crippen molar-refractivity contribution in [1.29, 1.82) is 0 Å². The van der Waals surface area contributed by atoms with E-state index in [1.807, 2.05) is 28.9 Å². The number of hydrogen-bond donors (Lipinski definition) is 3. The molecule has 2 aliphatic heterocycles. The Labute approximate surface area is 299 Å². The van der Waals surface area contributed by atoms with Gasteiger partial charge in [0.2, 0.25) is 5.88 Å². The Bertz CT molecular complexity index is 1800. The molecule has 2 aromatic heterocycles. The predicted octanol–water partition coefficient (Wildman–Crippen LogP) is 5.91. The smallest absolute Gasteiger partial charge is 0.272 e. The summed E-state index contributed by atoms with van der Waals surface area (Å²) in [5.41, 5.74) is 4.94. The number of aryl methyl sites for hydroxylation is 2. The third kappa shape index (κ3) is 8.83. The fraction of sp³-hybridized carbons (Fsp3) is 0.450. The molecule has 1 saturated carbocycles. The number of nitrogens with zero attached hydrogens (tertiary/aromatic N) is 4. The second-order valence-corrected chi connectivity index (χ2v) is 14.5. The number of piperazine rings is 1. The summed E-state index contributed by atoms with van der Waals surface area (Å²) < 4.78 is 22.4. The lowest BCUT2D eigenvalue weighted by molar-refractivity contribution is 0.0887. The predicted molar refractivity (Wildman–Crippen MR) is 194 cm³/mol. The van der Waals surface area contributed by atoms with Crippen LogP contribution in [0.15, 0.2) is 66.9 Å². The van der Waals surface area contributed by atoms with Crippen LogP contribution in [0.5, 0.6) is 11.6 Å². The summed E-state index contributed by atoms with van der Waals surface area (Å²) in [7, 11) is 0. The molecule has 0 unspecified atom stereocenters. The van der Waals surface area contributed by atoms with Crippen LogP contribution < -0.4 is 20.7 Å². The van der Waals surface area contributed by atoms with Gasteiger partial charge in [-0.1, -0.05) is 36.4 Å². The summed E-state index contributed by atoms with van der Waals surface area (Å²) in [5.74, 6) is -0.661. The zero-order chi connectivity index (χ0) is 35.3. The molecule has 4 aromatic rings. The fourth-order valence-electron chi connectivity index (χ4n) is 7.73. The van der Waals surface area contributed by atoms with E-state index in [4.69, 9.17) is 4.74 Å². The molecule has 3 N–H and O–H groups in total. The Morgan fingerprint density at radius 2 is 1.63 bits per heavy atom. The van der Waals surface area contributed by atoms with E-state index in [0.717, 1.165) is 93.8 Å². The van der Waals surface area contributed by atoms with Crippen molar-refractivity contribution in [3.05, 3.63) is 95.2 Å². The number of aromatic nitrogens is 3. The molecule has 2 atom stereocenters. The molecule has 2 aromatic carbocycles. The lowest BCUT2D eigenvalue weighted by Gasteiger charge is -2.36. The molecule has 0 radical (unpaired) electrons. The van der Waals surface area contributed by atoms with Crippen molar-refractivity contribution in [2.45, 2.75) is 95.9 Å². The van der Waals surface area contributed by atoms with Gasteiger partial charge in [0.25, 0.3) is 11.8 Å². The number of nitrogens with one attached hydrogen (secondary N) is 3. The average molecular weight is 694 g/mol. The van der Waals surface area contributed by atoms with Crippen molar-refractivity contribution < 1.29 is 18.7 Å². The molecular formula is C40H48FN7O3. The molecule has 7 rings (SSSR count). The van der Waals surface area contributed by atoms with Gasteiger partial charge in [-0.05, 0) is 106 Å². The zero-order valence-corrected chi connectivity index (χ0v) is 29.5. The summed E-state index contributed by atoms with van der Waals surface area (Å²) in [4.78, 5) is 33.0. The van der Waals surface area contributed by atoms with Crippen LogP contribution in [0.3, 0.4) is 0 Å². The number of fused-ring (bicyclic) bond motifs is 1. The summed E-state index contributed by atoms with van der Waals surface area (Å²) in [5, 5.41) is 14.2. The van der Waals surface area contributed by atoms with Crippen LogP contribution in [0, 0.1) is 5.82 Å². The largest absolute Gasteiger partial charge is 0.438 e. The van der Waals surface area contributed by atoms with Crippen molar-refractivity contribution in [3.63, 3.8) is 0 Å². The molecule has 2 amide bonds. The fourth-order valence-corrected chi connectivity index (χ4v) is 7.73. The number of hydrogen-bond acceptors (Lipinski definition) is 7. The number of carbonyl (C=O) groups excluding carboxylic acids is 2. The van der Waals surface area contributed by atoms with Crippen LogP contribution in [0.2, 0.25) is 0 Å². The van der Waals surface area contributed by atoms with Crippen molar-refractivity contribution in [3.8, 4) is 22.8 Å². The molecule has 3 aliphatic rings. The van der Waals surface area contributed by atoms with Crippen molar-refractivity contribution in [2.24, 2.45) is 0 Å². The third-order valence-corrected chi connectivity index (χ3v) is 10.3. The van der Waals surface area contributed by atoms with Crippen molar-refractivity contribution in [1.82, 2.24) is 35.6 Å². The molecule has 1 saturated heterocycles. The highest BCUT2D eigenvalue weighted by molar-refractivity contribution is 5.96. The summed E-state index contributed by atoms with van der Waals surface area (Å²) in [6.45, 7) is 8.51. The van der Waals surface area contributed by atoms with E-state index in [-0.39, 0.29) is 29.4 Å². The van der Waals surface area contributed by atoms with Crippen LogP contribution in [-0.2, 0) is 19.4 Å². The Kier molecular flexibility index (Phi) is 10.7. The first-order valence-electron chi connectivity index (χ1n) is 18.5. The number of halogens is 1. The Morgan fingerprint density at radius 1 is 0.902 bits per heavy atom. The summed E-state index contributed by atoms with van der Waals surface area (Å²) >= 11 is 0. The average Bonchev–Trinajstić information content (AvgIpc) is 3.57. The topological polar surface area (TPSA) is 113 Å². The van der Waals surface area contributed by atoms with Gasteiger partial charge in [0.05, 0.1) is 6.20 Å². The van der Waals surface area contributed by atoms with E-state index in [0.29, 0.717) is 36.4 Å². The van der Waals surface area contributed by atoms with Gasteiger partial charge in [-0.3, -0.25) is 19.2 Å². The van der Waals surface area contributed by atoms with Crippen LogP contribution in [0.25, 0.3) is 11.1 Å². The number of rotatable bonds is 10. The minimum Gasteiger partial charge on any atom is -0.438 e. The van der Waals surface area contributed by atoms with E-state index in [2.05, 4.69) is 69.0 Å². The first kappa shape index (κ1) is 34.8. The van der Waals surface area contributed by atoms with Gasteiger partial charge < -0.3 is 20.7 Å². The highest BCUT2D eigenvalue weighted by atomic mass is 19.1. The summed E-state index contributed by atoms with van der Waals surface area (Å²) in [6, 6.07) is 20.2. The first-order chi connectivity index (χ1) is 24.8. The van der Waals surface area contributed by atoms with Gasteiger partial charge in [0.1, 0.15) is 22.8 Å². The zero-order valence-electron chi connectivity index (χ0n) is 29.5. The molecule has 4 heterocycles. The standard InChI is InChI=1S/C40H48FN7O3/c1-26-24-47(25-27(2)43-26)19-17-28-9-11-29(12-10-28)30-6-5-8-35(20-30)51-40-36(21-31(41)23-42-40)38(49)44-32-13-15-33(16-14-32)45-39(50)37-22-34-7-3-4-18-48(34)46-37/h5-6,8-12,20-23,26-27,32-33,43H,3-4,7,13-19,24-25H2,1-2H3,(H,44,49)(H,45,50)/t26-,27+,32?,33?. The quantitative estimate of drug-likeness (QED) is 0.189. The maximum atomic E-state index is 14.4. The molecule has 268 valence electrons. The first-order valence-corrected chi connectivity index (χ1v) is 18.5. The molecule has 51 heavy (non-hydrogen) atoms. The van der Waals surface area contributed by atoms with Gasteiger partial charge in [-0.15, -0.1) is 0 Å². The number of benzene rings is 2. The Hall–Kier alpha value is -4.61. The lowest BCUT2D eigenvalue weighted by Crippen LogP contribution is -2.54. The highest BCUT2D eigenvalue weighted by Crippen LogP contribution is 2.29. The van der Waals surface area contributed by atoms with Crippen molar-refractivity contribution >= 4 is 11.8 Å². The molecular weight excluding hydrogens is 645 g/mol. The molecule has 10 nitrogen and oxygen atoms in total. The number of amides is 2. The maximum absolute atomic E-state index is 14.4. The Morgan fingerprint density at radius 3 is 2.35 bits per heavy atom. The van der Waals surface area contributed by atoms with Crippen LogP contribution in [0.1, 0.15) is 84.5 Å². The summed E-state index contributed by atoms with van der Waals surface area (Å²) in [6.07, 6.45) is 8.03. The normalized spacial score (nSPS) is 22.2. The molecule has 0 bridgehead atoms. The van der Waals surface area contributed by atoms with Gasteiger partial charge >= 0.3 is 0 Å². The SMILES string of the molecule is C[C@@H]1CN(CCc2ccc(-c3cccc(Oc4ncc(F)cc4C(=O)NC4CCC(NC(=O)c5cc6n(n5)CCCC6)CC4)c3)cc2)C[C@H](C)N1. The van der Waals surface area contributed by atoms with E-state index in [9.17, 15) is 14.0 Å². The van der Waals surface area contributed by atoms with Crippen LogP contribution in [0.4, 0.5) is 4.39 Å². The van der Waals surface area contributed by atoms with Gasteiger partial charge in [0.15, 0.2) is 0 Å². The Balaban J connectivity index is 0.931. The number of pyridine rings is 1. The lowest BCUT2D eigenvalue weighted by atomic mass is 9.91. The van der Waals surface area contributed by atoms with Gasteiger partial charge in [-0.2, -0.15) is 5.10 Å². The van der Waals surface area contributed by atoms with E-state index in [1.165, 1.54) is 5.56 Å².